The first-order chi connectivity index (χ1) is 12.8. The molecule has 0 spiro atoms. The van der Waals surface area contributed by atoms with Crippen LogP contribution in [0.5, 0.6) is 11.5 Å². The average molecular weight is 343 g/mol. The topological polar surface area (TPSA) is 58.0 Å². The largest absolute Gasteiger partial charge is 0.508 e. The van der Waals surface area contributed by atoms with Crippen molar-refractivity contribution < 1.29 is 9.84 Å². The second-order valence-corrected chi connectivity index (χ2v) is 6.49. The highest BCUT2D eigenvalue weighted by molar-refractivity contribution is 6.02. The van der Waals surface area contributed by atoms with Crippen LogP contribution in [0.2, 0.25) is 0 Å². The normalized spacial score (nSPS) is 20.8. The number of rotatable bonds is 2. The van der Waals surface area contributed by atoms with Gasteiger partial charge < -0.3 is 9.84 Å². The van der Waals surface area contributed by atoms with Crippen LogP contribution in [0.1, 0.15) is 35.4 Å². The Labute approximate surface area is 151 Å². The first-order valence-electron chi connectivity index (χ1n) is 8.60. The fourth-order valence-electron chi connectivity index (χ4n) is 3.60. The van der Waals surface area contributed by atoms with E-state index in [9.17, 15) is 5.11 Å². The minimum Gasteiger partial charge on any atom is -0.508 e. The summed E-state index contributed by atoms with van der Waals surface area (Å²) in [5.74, 6) is 1.15. The Kier molecular flexibility index (Phi) is 3.38. The highest BCUT2D eigenvalue weighted by Crippen LogP contribution is 2.47. The third-order valence-electron chi connectivity index (χ3n) is 4.87. The molecule has 5 rings (SSSR count). The summed E-state index contributed by atoms with van der Waals surface area (Å²) in [6.07, 6.45) is 4.07. The second kappa shape index (κ2) is 5.88. The molecule has 2 aliphatic heterocycles. The lowest BCUT2D eigenvalue weighted by Crippen LogP contribution is -2.33. The Bertz CT molecular complexity index is 970. The molecule has 0 saturated carbocycles. The van der Waals surface area contributed by atoms with E-state index in [1.165, 1.54) is 0 Å². The molecule has 0 aliphatic carbocycles. The zero-order valence-corrected chi connectivity index (χ0v) is 14.0. The van der Waals surface area contributed by atoms with Gasteiger partial charge in [-0.05, 0) is 42.0 Å². The van der Waals surface area contributed by atoms with Crippen LogP contribution in [0.4, 0.5) is 0 Å². The summed E-state index contributed by atoms with van der Waals surface area (Å²) in [4.78, 5) is 4.23. The smallest absolute Gasteiger partial charge is 0.215 e. The molecular weight excluding hydrogens is 326 g/mol. The molecule has 0 radical (unpaired) electrons. The van der Waals surface area contributed by atoms with Crippen LogP contribution in [-0.4, -0.2) is 20.8 Å². The molecule has 5 heteroatoms. The minimum atomic E-state index is -0.307. The summed E-state index contributed by atoms with van der Waals surface area (Å²) in [5.41, 5.74) is 4.12. The summed E-state index contributed by atoms with van der Waals surface area (Å²) in [7, 11) is 0. The molecule has 128 valence electrons. The molecule has 0 saturated heterocycles. The van der Waals surface area contributed by atoms with Gasteiger partial charge in [0.05, 0.1) is 11.8 Å². The van der Waals surface area contributed by atoms with Crippen molar-refractivity contribution in [3.8, 4) is 11.5 Å². The number of phenols is 1. The maximum Gasteiger partial charge on any atom is 0.215 e. The van der Waals surface area contributed by atoms with Crippen LogP contribution in [0.15, 0.2) is 78.2 Å². The van der Waals surface area contributed by atoms with Crippen LogP contribution in [-0.2, 0) is 0 Å². The molecule has 0 amide bonds. The number of nitrogens with zero attached hydrogens (tertiary/aromatic N) is 3. The zero-order chi connectivity index (χ0) is 17.5. The molecule has 5 nitrogen and oxygen atoms in total. The molecule has 26 heavy (non-hydrogen) atoms. The Morgan fingerprint density at radius 3 is 2.65 bits per heavy atom. The minimum absolute atomic E-state index is 0.119. The van der Waals surface area contributed by atoms with Crippen molar-refractivity contribution in [2.75, 3.05) is 0 Å². The maximum atomic E-state index is 9.55. The van der Waals surface area contributed by atoms with Gasteiger partial charge in [-0.2, -0.15) is 5.10 Å². The van der Waals surface area contributed by atoms with Gasteiger partial charge in [0.2, 0.25) is 6.23 Å². The van der Waals surface area contributed by atoms with E-state index >= 15 is 0 Å². The lowest BCUT2D eigenvalue weighted by Gasteiger charge is -2.38. The predicted molar refractivity (Wildman–Crippen MR) is 97.9 cm³/mol. The van der Waals surface area contributed by atoms with Crippen LogP contribution in [0.3, 0.4) is 0 Å². The Hall–Kier alpha value is -3.34. The third-order valence-corrected chi connectivity index (χ3v) is 4.87. The zero-order valence-electron chi connectivity index (χ0n) is 14.0. The lowest BCUT2D eigenvalue weighted by molar-refractivity contribution is -0.0192. The van der Waals surface area contributed by atoms with E-state index in [4.69, 9.17) is 9.84 Å². The molecule has 1 aromatic heterocycles. The Morgan fingerprint density at radius 2 is 1.85 bits per heavy atom. The van der Waals surface area contributed by atoms with Gasteiger partial charge in [0.1, 0.15) is 11.5 Å². The fourth-order valence-corrected chi connectivity index (χ4v) is 3.60. The number of aromatic hydroxyl groups is 1. The molecule has 3 aromatic rings. The molecule has 3 heterocycles. The summed E-state index contributed by atoms with van der Waals surface area (Å²) in [6, 6.07) is 19.4. The van der Waals surface area contributed by atoms with E-state index in [1.54, 1.807) is 18.3 Å². The molecule has 0 bridgehead atoms. The molecule has 0 unspecified atom stereocenters. The Morgan fingerprint density at radius 1 is 1.00 bits per heavy atom. The number of para-hydroxylation sites is 1. The van der Waals surface area contributed by atoms with Gasteiger partial charge in [-0.15, -0.1) is 0 Å². The van der Waals surface area contributed by atoms with Crippen LogP contribution < -0.4 is 4.74 Å². The lowest BCUT2D eigenvalue weighted by atomic mass is 9.96. The van der Waals surface area contributed by atoms with E-state index < -0.39 is 0 Å². The van der Waals surface area contributed by atoms with Gasteiger partial charge in [-0.25, -0.2) is 5.01 Å². The number of phenolic OH excluding ortho intramolecular Hbond substituents is 1. The summed E-state index contributed by atoms with van der Waals surface area (Å²) >= 11 is 0. The first-order valence-corrected chi connectivity index (χ1v) is 8.60. The summed E-state index contributed by atoms with van der Waals surface area (Å²) in [6.45, 7) is 0. The van der Waals surface area contributed by atoms with Crippen molar-refractivity contribution in [2.24, 2.45) is 5.10 Å². The number of ether oxygens (including phenoxy) is 1. The maximum absolute atomic E-state index is 9.55. The number of fused-ring (bicyclic) bond motifs is 3. The number of benzene rings is 2. The van der Waals surface area contributed by atoms with Gasteiger partial charge in [0.15, 0.2) is 0 Å². The van der Waals surface area contributed by atoms with Crippen molar-refractivity contribution in [2.45, 2.75) is 18.7 Å². The molecular formula is C21H17N3O2. The molecule has 1 N–H and O–H groups in total. The monoisotopic (exact) mass is 343 g/mol. The van der Waals surface area contributed by atoms with E-state index in [1.807, 2.05) is 53.7 Å². The number of aromatic nitrogens is 1. The van der Waals surface area contributed by atoms with Crippen molar-refractivity contribution >= 4 is 5.71 Å². The average Bonchev–Trinajstić information content (AvgIpc) is 3.14. The Balaban J connectivity index is 1.59. The highest BCUT2D eigenvalue weighted by Gasteiger charge is 2.40. The third kappa shape index (κ3) is 2.40. The van der Waals surface area contributed by atoms with Crippen LogP contribution in [0.25, 0.3) is 0 Å². The van der Waals surface area contributed by atoms with Gasteiger partial charge in [-0.1, -0.05) is 24.3 Å². The van der Waals surface area contributed by atoms with Gasteiger partial charge in [0.25, 0.3) is 0 Å². The number of hydrogen-bond donors (Lipinski definition) is 1. The second-order valence-electron chi connectivity index (χ2n) is 6.49. The predicted octanol–water partition coefficient (Wildman–Crippen LogP) is 4.03. The fraction of sp³-hybridized carbons (Fsp3) is 0.143. The first kappa shape index (κ1) is 15.0. The summed E-state index contributed by atoms with van der Waals surface area (Å²) < 4.78 is 6.27. The summed E-state index contributed by atoms with van der Waals surface area (Å²) in [5, 5.41) is 16.5. The SMILES string of the molecule is Oc1ccc(C2=NN3[C@H](C2)c2ccccc2O[C@@H]3c2cccnc2)cc1. The van der Waals surface area contributed by atoms with Gasteiger partial charge >= 0.3 is 0 Å². The van der Waals surface area contributed by atoms with Crippen molar-refractivity contribution in [3.05, 3.63) is 89.7 Å². The van der Waals surface area contributed by atoms with Gasteiger partial charge in [0, 0.05) is 29.9 Å². The molecule has 2 aromatic carbocycles. The van der Waals surface area contributed by atoms with Crippen molar-refractivity contribution in [3.63, 3.8) is 0 Å². The van der Waals surface area contributed by atoms with Crippen LogP contribution >= 0.6 is 0 Å². The highest BCUT2D eigenvalue weighted by atomic mass is 16.5. The van der Waals surface area contributed by atoms with Crippen molar-refractivity contribution in [1.29, 1.82) is 0 Å². The number of pyridine rings is 1. The van der Waals surface area contributed by atoms with E-state index in [-0.39, 0.29) is 18.0 Å². The molecule has 2 aliphatic rings. The number of hydrazone groups is 1. The molecule has 0 fully saturated rings. The van der Waals surface area contributed by atoms with Gasteiger partial charge in [-0.3, -0.25) is 4.98 Å². The van der Waals surface area contributed by atoms with Crippen molar-refractivity contribution in [1.82, 2.24) is 9.99 Å². The number of hydrogen-bond acceptors (Lipinski definition) is 5. The van der Waals surface area contributed by atoms with E-state index in [2.05, 4.69) is 11.1 Å². The quantitative estimate of drug-likeness (QED) is 0.763. The molecule has 2 atom stereocenters. The van der Waals surface area contributed by atoms with E-state index in [0.717, 1.165) is 34.6 Å². The van der Waals surface area contributed by atoms with E-state index in [0.29, 0.717) is 0 Å². The standard InChI is InChI=1S/C21H17N3O2/c25-16-9-7-14(8-10-16)18-12-19-17-5-1-2-6-20(17)26-21(24(19)23-18)15-4-3-11-22-13-15/h1-11,13,19,21,25H,12H2/t19-,21-/m1/s1. The van der Waals surface area contributed by atoms with Crippen LogP contribution in [0, 0.1) is 0 Å².